The predicted octanol–water partition coefficient (Wildman–Crippen LogP) is 5.42. The highest BCUT2D eigenvalue weighted by atomic mass is 32.2. The van der Waals surface area contributed by atoms with Gasteiger partial charge in [-0.3, -0.25) is 14.7 Å². The van der Waals surface area contributed by atoms with Crippen molar-refractivity contribution in [2.75, 3.05) is 7.05 Å². The van der Waals surface area contributed by atoms with Gasteiger partial charge in [-0.25, -0.2) is 0 Å². The molecule has 0 fully saturated rings. The molecule has 0 spiro atoms. The van der Waals surface area contributed by atoms with E-state index in [0.717, 1.165) is 19.3 Å². The van der Waals surface area contributed by atoms with Gasteiger partial charge in [0, 0.05) is 0 Å². The van der Waals surface area contributed by atoms with E-state index in [9.17, 15) is 17.8 Å². The minimum atomic E-state index is -4.50. The van der Waals surface area contributed by atoms with Gasteiger partial charge in [-0.05, 0) is 32.9 Å². The Kier molecular flexibility index (Phi) is 14.8. The number of unbranched alkanes of at least 4 members (excludes halogenated alkanes) is 13. The molecule has 0 aliphatic heterocycles. The first-order chi connectivity index (χ1) is 12.8. The van der Waals surface area contributed by atoms with Crippen LogP contribution in [0.1, 0.15) is 104 Å². The summed E-state index contributed by atoms with van der Waals surface area (Å²) in [5.74, 6) is -0.651. The van der Waals surface area contributed by atoms with Gasteiger partial charge < -0.3 is 0 Å². The van der Waals surface area contributed by atoms with Crippen LogP contribution in [0.25, 0.3) is 0 Å². The second kappa shape index (κ2) is 15.2. The van der Waals surface area contributed by atoms with Crippen LogP contribution in [0, 0.1) is 0 Å². The maximum absolute atomic E-state index is 12.0. The van der Waals surface area contributed by atoms with Crippen molar-refractivity contribution in [1.29, 1.82) is 0 Å². The number of likely N-dealkylation sites (N-methyl/N-ethyl adjacent to an activating group) is 1. The number of nitrogens with one attached hydrogen (secondary N) is 1. The topological polar surface area (TPSA) is 83.5 Å². The van der Waals surface area contributed by atoms with Crippen LogP contribution in [0.3, 0.4) is 0 Å². The lowest BCUT2D eigenvalue weighted by molar-refractivity contribution is -0.117. The summed E-state index contributed by atoms with van der Waals surface area (Å²) in [5, 5.41) is 2.38. The second-order valence-corrected chi connectivity index (χ2v) is 9.32. The van der Waals surface area contributed by atoms with E-state index < -0.39 is 20.8 Å². The Balaban J connectivity index is 3.64. The summed E-state index contributed by atoms with van der Waals surface area (Å²) in [6.07, 6.45) is 20.5. The molecule has 0 bridgehead atoms. The van der Waals surface area contributed by atoms with Gasteiger partial charge in [0.15, 0.2) is 5.78 Å². The molecule has 0 saturated carbocycles. The third kappa shape index (κ3) is 11.7. The van der Waals surface area contributed by atoms with Crippen LogP contribution in [0.2, 0.25) is 0 Å². The van der Waals surface area contributed by atoms with Gasteiger partial charge in [-0.1, -0.05) is 90.0 Å². The van der Waals surface area contributed by atoms with Crippen molar-refractivity contribution in [2.45, 2.75) is 109 Å². The number of carbonyl (C=O) groups excluding carboxylic acids is 1. The number of ketones is 1. The van der Waals surface area contributed by atoms with Gasteiger partial charge in [0.1, 0.15) is 0 Å². The molecule has 1 unspecified atom stereocenters. The van der Waals surface area contributed by atoms with Gasteiger partial charge in [0.25, 0.3) is 10.1 Å². The summed E-state index contributed by atoms with van der Waals surface area (Å²) in [4.78, 5) is 10.0. The van der Waals surface area contributed by atoms with Crippen molar-refractivity contribution in [2.24, 2.45) is 0 Å². The van der Waals surface area contributed by atoms with E-state index in [1.165, 1.54) is 90.7 Å². The molecule has 0 radical (unpaired) electrons. The molecule has 2 N–H and O–H groups in total. The highest BCUT2D eigenvalue weighted by molar-refractivity contribution is 7.88. The SMILES string of the molecule is CCCCCCCCCCCCCCCC=CC(=O)C(C)(NC)S(=O)(=O)O. The highest BCUT2D eigenvalue weighted by Gasteiger charge is 2.42. The smallest absolute Gasteiger partial charge is 0.291 e. The van der Waals surface area contributed by atoms with Gasteiger partial charge in [-0.15, -0.1) is 0 Å². The van der Waals surface area contributed by atoms with Crippen LogP contribution in [0.5, 0.6) is 0 Å². The van der Waals surface area contributed by atoms with Crippen LogP contribution >= 0.6 is 0 Å². The zero-order valence-corrected chi connectivity index (χ0v) is 18.5. The molecule has 27 heavy (non-hydrogen) atoms. The van der Waals surface area contributed by atoms with Crippen LogP contribution in [0.15, 0.2) is 12.2 Å². The molecule has 0 amide bonds. The van der Waals surface area contributed by atoms with Crippen molar-refractivity contribution in [3.63, 3.8) is 0 Å². The summed E-state index contributed by atoms with van der Waals surface area (Å²) >= 11 is 0. The molecule has 0 aromatic carbocycles. The van der Waals surface area contributed by atoms with Crippen molar-refractivity contribution in [1.82, 2.24) is 5.32 Å². The highest BCUT2D eigenvalue weighted by Crippen LogP contribution is 2.15. The van der Waals surface area contributed by atoms with Gasteiger partial charge in [0.05, 0.1) is 0 Å². The van der Waals surface area contributed by atoms with Gasteiger partial charge in [-0.2, -0.15) is 8.42 Å². The lowest BCUT2D eigenvalue weighted by Gasteiger charge is -2.22. The minimum absolute atomic E-state index is 0.651. The van der Waals surface area contributed by atoms with Crippen molar-refractivity contribution in [3.8, 4) is 0 Å². The van der Waals surface area contributed by atoms with E-state index in [2.05, 4.69) is 12.2 Å². The molecular weight excluding hydrogens is 362 g/mol. The van der Waals surface area contributed by atoms with Crippen molar-refractivity contribution in [3.05, 3.63) is 12.2 Å². The lowest BCUT2D eigenvalue weighted by atomic mass is 10.0. The molecule has 0 aromatic rings. The third-order valence-corrected chi connectivity index (χ3v) is 6.64. The van der Waals surface area contributed by atoms with E-state index >= 15 is 0 Å². The van der Waals surface area contributed by atoms with Gasteiger partial charge >= 0.3 is 0 Å². The standard InChI is InChI=1S/C21H41NO4S/c1-4-5-6-7-8-9-10-11-12-13-14-15-16-17-18-19-20(23)21(2,22-3)27(24,25)26/h18-19,22H,4-17H2,1-3H3,(H,24,25,26). The number of allylic oxidation sites excluding steroid dienone is 1. The average Bonchev–Trinajstić information content (AvgIpc) is 2.62. The van der Waals surface area contributed by atoms with E-state index in [0.29, 0.717) is 0 Å². The predicted molar refractivity (Wildman–Crippen MR) is 113 cm³/mol. The first-order valence-corrected chi connectivity index (χ1v) is 12.1. The monoisotopic (exact) mass is 403 g/mol. The third-order valence-electron chi connectivity index (χ3n) is 5.21. The Hall–Kier alpha value is -0.720. The summed E-state index contributed by atoms with van der Waals surface area (Å²) < 4.78 is 31.8. The van der Waals surface area contributed by atoms with E-state index in [1.807, 2.05) is 0 Å². The molecule has 0 rings (SSSR count). The number of hydrogen-bond acceptors (Lipinski definition) is 4. The van der Waals surface area contributed by atoms with E-state index in [1.54, 1.807) is 6.08 Å². The quantitative estimate of drug-likeness (QED) is 0.181. The van der Waals surface area contributed by atoms with E-state index in [4.69, 9.17) is 0 Å². The van der Waals surface area contributed by atoms with Crippen molar-refractivity contribution < 1.29 is 17.8 Å². The normalized spacial score (nSPS) is 14.5. The molecule has 5 nitrogen and oxygen atoms in total. The summed E-state index contributed by atoms with van der Waals surface area (Å²) in [7, 11) is -3.16. The molecular formula is C21H41NO4S. The fourth-order valence-electron chi connectivity index (χ4n) is 3.01. The molecule has 0 saturated heterocycles. The number of carbonyl (C=O) groups is 1. The lowest BCUT2D eigenvalue weighted by Crippen LogP contribution is -2.53. The minimum Gasteiger partial charge on any atom is -0.293 e. The Morgan fingerprint density at radius 2 is 1.30 bits per heavy atom. The molecule has 1 atom stereocenters. The van der Waals surface area contributed by atoms with Crippen LogP contribution in [-0.4, -0.2) is 30.7 Å². The van der Waals surface area contributed by atoms with Crippen LogP contribution in [-0.2, 0) is 14.9 Å². The van der Waals surface area contributed by atoms with Crippen LogP contribution in [0.4, 0.5) is 0 Å². The average molecular weight is 404 g/mol. The van der Waals surface area contributed by atoms with Crippen molar-refractivity contribution >= 4 is 15.9 Å². The summed E-state index contributed by atoms with van der Waals surface area (Å²) in [5.41, 5.74) is 0. The summed E-state index contributed by atoms with van der Waals surface area (Å²) in [6, 6.07) is 0. The zero-order valence-electron chi connectivity index (χ0n) is 17.6. The molecule has 0 aliphatic carbocycles. The van der Waals surface area contributed by atoms with Crippen LogP contribution < -0.4 is 5.32 Å². The Bertz CT molecular complexity index is 516. The van der Waals surface area contributed by atoms with Gasteiger partial charge in [0.2, 0.25) is 4.87 Å². The Morgan fingerprint density at radius 3 is 1.67 bits per heavy atom. The molecule has 6 heteroatoms. The maximum Gasteiger partial charge on any atom is 0.291 e. The molecule has 0 heterocycles. The Morgan fingerprint density at radius 1 is 0.889 bits per heavy atom. The first-order valence-electron chi connectivity index (χ1n) is 10.7. The zero-order chi connectivity index (χ0) is 20.6. The second-order valence-electron chi connectivity index (χ2n) is 7.56. The molecule has 160 valence electrons. The largest absolute Gasteiger partial charge is 0.293 e. The fraction of sp³-hybridized carbons (Fsp3) is 0.857. The fourth-order valence-corrected chi connectivity index (χ4v) is 3.59. The number of rotatable bonds is 18. The Labute approximate surface area is 167 Å². The first kappa shape index (κ1) is 26.3. The number of hydrogen-bond donors (Lipinski definition) is 2. The van der Waals surface area contributed by atoms with E-state index in [-0.39, 0.29) is 0 Å². The maximum atomic E-state index is 12.0. The summed E-state index contributed by atoms with van der Waals surface area (Å²) in [6.45, 7) is 3.42. The molecule has 0 aromatic heterocycles. The molecule has 0 aliphatic rings.